The summed E-state index contributed by atoms with van der Waals surface area (Å²) < 4.78 is 28.5. The van der Waals surface area contributed by atoms with Gasteiger partial charge in [0, 0.05) is 61.0 Å². The van der Waals surface area contributed by atoms with Crippen LogP contribution in [-0.2, 0) is 14.8 Å². The molecule has 0 radical (unpaired) electrons. The maximum absolute atomic E-state index is 12.8. The maximum atomic E-state index is 12.8. The summed E-state index contributed by atoms with van der Waals surface area (Å²) in [6, 6.07) is 1.92. The van der Waals surface area contributed by atoms with E-state index in [0.717, 1.165) is 39.0 Å². The molecule has 0 aromatic carbocycles. The fourth-order valence-corrected chi connectivity index (χ4v) is 5.81. The van der Waals surface area contributed by atoms with Gasteiger partial charge in [0.25, 0.3) is 0 Å². The third kappa shape index (κ3) is 5.31. The van der Waals surface area contributed by atoms with Gasteiger partial charge in [0.15, 0.2) is 0 Å². The molecule has 2 fully saturated rings. The lowest BCUT2D eigenvalue weighted by atomic mass is 9.85. The van der Waals surface area contributed by atoms with Crippen LogP contribution in [0.3, 0.4) is 0 Å². The zero-order valence-corrected chi connectivity index (χ0v) is 18.9. The summed E-state index contributed by atoms with van der Waals surface area (Å²) in [5.41, 5.74) is 0. The van der Waals surface area contributed by atoms with Crippen molar-refractivity contribution in [3.8, 4) is 0 Å². The molecule has 1 aliphatic carbocycles. The first-order valence-corrected chi connectivity index (χ1v) is 12.2. The van der Waals surface area contributed by atoms with E-state index in [1.807, 2.05) is 4.90 Å². The predicted octanol–water partition coefficient (Wildman–Crippen LogP) is 2.23. The lowest BCUT2D eigenvalue weighted by molar-refractivity contribution is -0.138. The Morgan fingerprint density at radius 3 is 2.36 bits per heavy atom. The lowest BCUT2D eigenvalue weighted by Gasteiger charge is -2.39. The molecular weight excluding hydrogens is 444 g/mol. The van der Waals surface area contributed by atoms with Crippen molar-refractivity contribution in [3.63, 3.8) is 0 Å². The number of hydrogen-bond donors (Lipinski definition) is 1. The molecule has 7 nitrogen and oxygen atoms in total. The van der Waals surface area contributed by atoms with Gasteiger partial charge in [-0.3, -0.25) is 14.7 Å². The quantitative estimate of drug-likeness (QED) is 0.710. The molecule has 1 N–H and O–H groups in total. The van der Waals surface area contributed by atoms with Crippen molar-refractivity contribution in [2.75, 3.05) is 26.2 Å². The molecule has 0 bridgehead atoms. The van der Waals surface area contributed by atoms with Crippen molar-refractivity contribution in [2.24, 2.45) is 5.92 Å². The van der Waals surface area contributed by atoms with Crippen LogP contribution >= 0.6 is 15.9 Å². The molecule has 1 aromatic heterocycles. The number of amides is 1. The molecule has 156 valence electrons. The highest BCUT2D eigenvalue weighted by Gasteiger charge is 2.32. The molecule has 0 unspecified atom stereocenters. The minimum Gasteiger partial charge on any atom is -0.340 e. The number of nitrogens with zero attached hydrogens (tertiary/aromatic N) is 3. The van der Waals surface area contributed by atoms with Crippen LogP contribution in [0.1, 0.15) is 39.5 Å². The molecule has 1 aliphatic heterocycles. The summed E-state index contributed by atoms with van der Waals surface area (Å²) in [6.45, 7) is 7.81. The monoisotopic (exact) mass is 472 g/mol. The Labute approximate surface area is 176 Å². The lowest BCUT2D eigenvalue weighted by Crippen LogP contribution is -2.52. The van der Waals surface area contributed by atoms with Gasteiger partial charge in [-0.2, -0.15) is 0 Å². The predicted molar refractivity (Wildman–Crippen MR) is 111 cm³/mol. The minimum absolute atomic E-state index is 0.0129. The van der Waals surface area contributed by atoms with E-state index < -0.39 is 10.0 Å². The van der Waals surface area contributed by atoms with Gasteiger partial charge in [-0.15, -0.1) is 0 Å². The number of rotatable bonds is 5. The second-order valence-electron chi connectivity index (χ2n) is 7.96. The van der Waals surface area contributed by atoms with Crippen LogP contribution in [0.5, 0.6) is 0 Å². The van der Waals surface area contributed by atoms with Gasteiger partial charge in [0.1, 0.15) is 4.90 Å². The molecule has 1 saturated heterocycles. The summed E-state index contributed by atoms with van der Waals surface area (Å²) in [5, 5.41) is 0. The van der Waals surface area contributed by atoms with E-state index in [-0.39, 0.29) is 22.8 Å². The summed E-state index contributed by atoms with van der Waals surface area (Å²) in [7, 11) is -3.60. The summed E-state index contributed by atoms with van der Waals surface area (Å²) in [4.78, 5) is 21.3. The number of hydrogen-bond acceptors (Lipinski definition) is 5. The average Bonchev–Trinajstić information content (AvgIpc) is 2.68. The highest BCUT2D eigenvalue weighted by molar-refractivity contribution is 9.10. The summed E-state index contributed by atoms with van der Waals surface area (Å²) >= 11 is 3.25. The van der Waals surface area contributed by atoms with Gasteiger partial charge >= 0.3 is 0 Å². The van der Waals surface area contributed by atoms with Gasteiger partial charge in [-0.05, 0) is 61.5 Å². The highest BCUT2D eigenvalue weighted by atomic mass is 79.9. The largest absolute Gasteiger partial charge is 0.340 e. The normalized spacial score (nSPS) is 24.5. The van der Waals surface area contributed by atoms with Crippen molar-refractivity contribution in [2.45, 2.75) is 56.5 Å². The van der Waals surface area contributed by atoms with E-state index in [4.69, 9.17) is 0 Å². The van der Waals surface area contributed by atoms with Crippen LogP contribution in [0.2, 0.25) is 0 Å². The molecule has 1 aromatic rings. The van der Waals surface area contributed by atoms with E-state index in [0.29, 0.717) is 23.4 Å². The van der Waals surface area contributed by atoms with Crippen LogP contribution < -0.4 is 4.72 Å². The first kappa shape index (κ1) is 21.7. The third-order valence-electron chi connectivity index (χ3n) is 5.74. The molecule has 0 spiro atoms. The molecule has 0 atom stereocenters. The molecule has 9 heteroatoms. The van der Waals surface area contributed by atoms with Crippen molar-refractivity contribution in [1.82, 2.24) is 19.5 Å². The Hall–Kier alpha value is -1.03. The maximum Gasteiger partial charge on any atom is 0.242 e. The number of carbonyl (C=O) groups excluding carboxylic acids is 1. The van der Waals surface area contributed by atoms with E-state index in [1.54, 1.807) is 12.3 Å². The van der Waals surface area contributed by atoms with Crippen molar-refractivity contribution in [3.05, 3.63) is 22.9 Å². The van der Waals surface area contributed by atoms with Gasteiger partial charge < -0.3 is 4.90 Å². The number of carbonyl (C=O) groups is 1. The van der Waals surface area contributed by atoms with Gasteiger partial charge in [-0.25, -0.2) is 13.1 Å². The number of halogens is 1. The molecule has 1 saturated carbocycles. The molecule has 3 rings (SSSR count). The average molecular weight is 473 g/mol. The molecule has 28 heavy (non-hydrogen) atoms. The first-order chi connectivity index (χ1) is 13.3. The standard InChI is InChI=1S/C19H29BrN4O3S/c1-14(2)23-7-9-24(10-8-23)19(25)15-3-5-17(6-4-15)22-28(26,27)18-11-16(20)12-21-13-18/h11-15,17,22H,3-10H2,1-2H3. The van der Waals surface area contributed by atoms with E-state index in [2.05, 4.69) is 44.4 Å². The number of aromatic nitrogens is 1. The second-order valence-corrected chi connectivity index (χ2v) is 10.6. The van der Waals surface area contributed by atoms with E-state index >= 15 is 0 Å². The summed E-state index contributed by atoms with van der Waals surface area (Å²) in [6.07, 6.45) is 5.72. The van der Waals surface area contributed by atoms with Crippen molar-refractivity contribution >= 4 is 31.9 Å². The first-order valence-electron chi connectivity index (χ1n) is 9.92. The zero-order chi connectivity index (χ0) is 20.3. The van der Waals surface area contributed by atoms with E-state index in [1.165, 1.54) is 6.20 Å². The molecule has 1 amide bonds. The smallest absolute Gasteiger partial charge is 0.242 e. The van der Waals surface area contributed by atoms with Gasteiger partial charge in [-0.1, -0.05) is 0 Å². The SMILES string of the molecule is CC(C)N1CCN(C(=O)C2CCC(NS(=O)(=O)c3cncc(Br)c3)CC2)CC1. The van der Waals surface area contributed by atoms with Gasteiger partial charge in [0.05, 0.1) is 0 Å². The highest BCUT2D eigenvalue weighted by Crippen LogP contribution is 2.28. The Morgan fingerprint density at radius 1 is 1.14 bits per heavy atom. The van der Waals surface area contributed by atoms with Crippen LogP contribution in [0.25, 0.3) is 0 Å². The fraction of sp³-hybridized carbons (Fsp3) is 0.684. The molecular formula is C19H29BrN4O3S. The van der Waals surface area contributed by atoms with Crippen LogP contribution in [0.15, 0.2) is 27.8 Å². The number of sulfonamides is 1. The minimum atomic E-state index is -3.60. The topological polar surface area (TPSA) is 82.6 Å². The van der Waals surface area contributed by atoms with Crippen molar-refractivity contribution < 1.29 is 13.2 Å². The number of pyridine rings is 1. The van der Waals surface area contributed by atoms with E-state index in [9.17, 15) is 13.2 Å². The second kappa shape index (κ2) is 9.19. The Kier molecular flexibility index (Phi) is 7.12. The summed E-state index contributed by atoms with van der Waals surface area (Å²) in [5.74, 6) is 0.250. The third-order valence-corrected chi connectivity index (χ3v) is 7.67. The van der Waals surface area contributed by atoms with Crippen LogP contribution in [0.4, 0.5) is 0 Å². The fourth-order valence-electron chi connectivity index (χ4n) is 4.00. The number of nitrogens with one attached hydrogen (secondary N) is 1. The zero-order valence-electron chi connectivity index (χ0n) is 16.5. The van der Waals surface area contributed by atoms with Gasteiger partial charge in [0.2, 0.25) is 15.9 Å². The molecule has 2 heterocycles. The Bertz CT molecular complexity index is 786. The van der Waals surface area contributed by atoms with Crippen molar-refractivity contribution in [1.29, 1.82) is 0 Å². The van der Waals surface area contributed by atoms with Crippen LogP contribution in [0, 0.1) is 5.92 Å². The molecule has 2 aliphatic rings. The number of piperazine rings is 1. The Balaban J connectivity index is 1.50. The Morgan fingerprint density at radius 2 is 1.79 bits per heavy atom. The van der Waals surface area contributed by atoms with Crippen LogP contribution in [-0.4, -0.2) is 67.4 Å².